The molecular formula is C16H13F2NO3S. The number of thioether (sulfide) groups is 1. The minimum Gasteiger partial charge on any atom is -0.462 e. The number of hydrogen-bond donors (Lipinski definition) is 0. The Bertz CT molecular complexity index is 816. The number of fused-ring (bicyclic) bond motifs is 1. The first-order chi connectivity index (χ1) is 10.9. The van der Waals surface area contributed by atoms with E-state index in [0.29, 0.717) is 16.2 Å². The first-order valence-corrected chi connectivity index (χ1v) is 7.90. The van der Waals surface area contributed by atoms with E-state index in [0.717, 1.165) is 12.1 Å². The third-order valence-corrected chi connectivity index (χ3v) is 4.72. The van der Waals surface area contributed by atoms with E-state index in [1.165, 1.54) is 28.6 Å². The van der Waals surface area contributed by atoms with Crippen LogP contribution in [0.25, 0.3) is 11.1 Å². The Labute approximate surface area is 135 Å². The molecule has 2 aromatic rings. The van der Waals surface area contributed by atoms with Gasteiger partial charge in [-0.05, 0) is 31.5 Å². The molecule has 0 bridgehead atoms. The third-order valence-electron chi connectivity index (χ3n) is 3.54. The number of nitrogens with zero attached hydrogens (tertiary/aromatic N) is 1. The van der Waals surface area contributed by atoms with Crippen LogP contribution in [0, 0.1) is 11.6 Å². The number of esters is 1. The van der Waals surface area contributed by atoms with Crippen molar-refractivity contribution in [1.82, 2.24) is 4.57 Å². The smallest absolute Gasteiger partial charge is 0.341 e. The Morgan fingerprint density at radius 3 is 2.74 bits per heavy atom. The number of ether oxygens (including phenoxy) is 1. The summed E-state index contributed by atoms with van der Waals surface area (Å²) in [5.41, 5.74) is 0.876. The zero-order chi connectivity index (χ0) is 16.7. The number of halogens is 2. The Balaban J connectivity index is 2.19. The van der Waals surface area contributed by atoms with Crippen molar-refractivity contribution in [3.63, 3.8) is 0 Å². The minimum absolute atomic E-state index is 0.163. The van der Waals surface area contributed by atoms with Crippen molar-refractivity contribution in [2.75, 3.05) is 6.61 Å². The van der Waals surface area contributed by atoms with Crippen LogP contribution in [0.5, 0.6) is 0 Å². The van der Waals surface area contributed by atoms with Gasteiger partial charge in [-0.15, -0.1) is 0 Å². The van der Waals surface area contributed by atoms with Gasteiger partial charge in [-0.1, -0.05) is 17.8 Å². The van der Waals surface area contributed by atoms with Crippen molar-refractivity contribution in [1.29, 1.82) is 0 Å². The van der Waals surface area contributed by atoms with Gasteiger partial charge in [0.05, 0.1) is 22.4 Å². The highest BCUT2D eigenvalue weighted by molar-refractivity contribution is 8.01. The van der Waals surface area contributed by atoms with Crippen LogP contribution in [-0.4, -0.2) is 28.3 Å². The van der Waals surface area contributed by atoms with Crippen molar-refractivity contribution in [3.05, 3.63) is 41.6 Å². The standard InChI is InChI=1S/C16H13F2NO3S/c1-3-22-16(21)13-10(9-4-5-11(17)12(18)6-9)7-19-14(20)8(2)23-15(13)19/h4-8H,3H2,1-2H3. The lowest BCUT2D eigenvalue weighted by molar-refractivity contribution is 0.0523. The summed E-state index contributed by atoms with van der Waals surface area (Å²) in [7, 11) is 0. The van der Waals surface area contributed by atoms with Crippen LogP contribution in [0.2, 0.25) is 0 Å². The van der Waals surface area contributed by atoms with E-state index in [1.807, 2.05) is 0 Å². The first-order valence-electron chi connectivity index (χ1n) is 7.02. The summed E-state index contributed by atoms with van der Waals surface area (Å²) in [6.07, 6.45) is 1.48. The zero-order valence-electron chi connectivity index (χ0n) is 12.4. The van der Waals surface area contributed by atoms with Crippen LogP contribution in [0.3, 0.4) is 0 Å². The van der Waals surface area contributed by atoms with E-state index in [1.54, 1.807) is 13.8 Å². The molecule has 1 unspecified atom stereocenters. The van der Waals surface area contributed by atoms with Crippen LogP contribution >= 0.6 is 11.8 Å². The summed E-state index contributed by atoms with van der Waals surface area (Å²) in [6.45, 7) is 3.59. The highest BCUT2D eigenvalue weighted by atomic mass is 32.2. The third kappa shape index (κ3) is 2.55. The first kappa shape index (κ1) is 15.7. The molecule has 7 heteroatoms. The number of benzene rings is 1. The van der Waals surface area contributed by atoms with E-state index < -0.39 is 17.6 Å². The van der Waals surface area contributed by atoms with E-state index in [2.05, 4.69) is 0 Å². The van der Waals surface area contributed by atoms with Crippen molar-refractivity contribution in [2.45, 2.75) is 24.1 Å². The number of hydrogen-bond acceptors (Lipinski definition) is 4. The fourth-order valence-electron chi connectivity index (χ4n) is 2.46. The van der Waals surface area contributed by atoms with Gasteiger partial charge in [0, 0.05) is 11.8 Å². The lowest BCUT2D eigenvalue weighted by atomic mass is 10.0. The van der Waals surface area contributed by atoms with Crippen LogP contribution < -0.4 is 0 Å². The van der Waals surface area contributed by atoms with Crippen molar-refractivity contribution in [3.8, 4) is 11.1 Å². The van der Waals surface area contributed by atoms with E-state index in [-0.39, 0.29) is 23.3 Å². The lowest BCUT2D eigenvalue weighted by Crippen LogP contribution is -2.12. The second-order valence-electron chi connectivity index (χ2n) is 5.04. The summed E-state index contributed by atoms with van der Waals surface area (Å²) in [5.74, 6) is -2.74. The molecule has 3 rings (SSSR count). The molecule has 0 aliphatic carbocycles. The Morgan fingerprint density at radius 1 is 1.35 bits per heavy atom. The molecule has 0 saturated heterocycles. The molecule has 1 aliphatic heterocycles. The quantitative estimate of drug-likeness (QED) is 0.801. The maximum atomic E-state index is 13.5. The van der Waals surface area contributed by atoms with E-state index in [4.69, 9.17) is 4.74 Å². The topological polar surface area (TPSA) is 48.3 Å². The van der Waals surface area contributed by atoms with Crippen molar-refractivity contribution in [2.24, 2.45) is 0 Å². The summed E-state index contributed by atoms with van der Waals surface area (Å²) in [5, 5.41) is 0.165. The summed E-state index contributed by atoms with van der Waals surface area (Å²) in [6, 6.07) is 3.35. The number of carbonyl (C=O) groups excluding carboxylic acids is 2. The largest absolute Gasteiger partial charge is 0.462 e. The Kier molecular flexibility index (Phi) is 3.97. The van der Waals surface area contributed by atoms with Gasteiger partial charge in [-0.2, -0.15) is 0 Å². The van der Waals surface area contributed by atoms with Gasteiger partial charge in [-0.25, -0.2) is 13.6 Å². The maximum absolute atomic E-state index is 13.5. The molecule has 120 valence electrons. The fourth-order valence-corrected chi connectivity index (χ4v) is 3.58. The predicted molar refractivity (Wildman–Crippen MR) is 81.7 cm³/mol. The normalized spacial score (nSPS) is 16.5. The van der Waals surface area contributed by atoms with Gasteiger partial charge in [0.2, 0.25) is 5.91 Å². The minimum atomic E-state index is -1.02. The SMILES string of the molecule is CCOC(=O)c1c(-c2ccc(F)c(F)c2)cn2c1SC(C)C2=O. The number of aromatic nitrogens is 1. The maximum Gasteiger partial charge on any atom is 0.341 e. The van der Waals surface area contributed by atoms with Crippen LogP contribution in [0.15, 0.2) is 29.4 Å². The zero-order valence-corrected chi connectivity index (χ0v) is 13.2. The molecule has 0 fully saturated rings. The lowest BCUT2D eigenvalue weighted by Gasteiger charge is -2.07. The van der Waals surface area contributed by atoms with Crippen LogP contribution in [0.4, 0.5) is 8.78 Å². The second-order valence-corrected chi connectivity index (χ2v) is 6.37. The highest BCUT2D eigenvalue weighted by Gasteiger charge is 2.35. The van der Waals surface area contributed by atoms with Gasteiger partial charge < -0.3 is 4.74 Å². The number of rotatable bonds is 3. The molecule has 0 radical (unpaired) electrons. The van der Waals surface area contributed by atoms with E-state index >= 15 is 0 Å². The van der Waals surface area contributed by atoms with Gasteiger partial charge in [0.25, 0.3) is 0 Å². The highest BCUT2D eigenvalue weighted by Crippen LogP contribution is 2.41. The molecule has 1 aliphatic rings. The van der Waals surface area contributed by atoms with Crippen LogP contribution in [0.1, 0.15) is 29.0 Å². The molecule has 2 heterocycles. The molecule has 0 amide bonds. The number of carbonyl (C=O) groups is 2. The monoisotopic (exact) mass is 337 g/mol. The molecule has 23 heavy (non-hydrogen) atoms. The second kappa shape index (κ2) is 5.81. The molecule has 0 saturated carbocycles. The van der Waals surface area contributed by atoms with Crippen molar-refractivity contribution < 1.29 is 23.1 Å². The Morgan fingerprint density at radius 2 is 2.09 bits per heavy atom. The molecule has 0 spiro atoms. The predicted octanol–water partition coefficient (Wildman–Crippen LogP) is 3.74. The van der Waals surface area contributed by atoms with Crippen LogP contribution in [-0.2, 0) is 4.74 Å². The average Bonchev–Trinajstić information content (AvgIpc) is 3.00. The summed E-state index contributed by atoms with van der Waals surface area (Å²) < 4.78 is 33.1. The van der Waals surface area contributed by atoms with Gasteiger partial charge in [0.1, 0.15) is 0 Å². The molecule has 1 atom stereocenters. The molecule has 1 aromatic carbocycles. The molecule has 0 N–H and O–H groups in total. The van der Waals surface area contributed by atoms with Gasteiger partial charge >= 0.3 is 5.97 Å². The van der Waals surface area contributed by atoms with Gasteiger partial charge in [-0.3, -0.25) is 9.36 Å². The average molecular weight is 337 g/mol. The van der Waals surface area contributed by atoms with E-state index in [9.17, 15) is 18.4 Å². The Hall–Kier alpha value is -2.15. The summed E-state index contributed by atoms with van der Waals surface area (Å²) in [4.78, 5) is 24.4. The molecule has 4 nitrogen and oxygen atoms in total. The molecular weight excluding hydrogens is 324 g/mol. The molecule has 1 aromatic heterocycles. The fraction of sp³-hybridized carbons (Fsp3) is 0.250. The van der Waals surface area contributed by atoms with Crippen molar-refractivity contribution >= 4 is 23.6 Å². The summed E-state index contributed by atoms with van der Waals surface area (Å²) >= 11 is 1.25. The van der Waals surface area contributed by atoms with Gasteiger partial charge in [0.15, 0.2) is 11.6 Å².